The lowest BCUT2D eigenvalue weighted by atomic mass is 10.2. The highest BCUT2D eigenvalue weighted by Crippen LogP contribution is 2.38. The first-order valence-electron chi connectivity index (χ1n) is 8.87. The maximum Gasteiger partial charge on any atom is 0.258 e. The molecule has 0 spiro atoms. The summed E-state index contributed by atoms with van der Waals surface area (Å²) >= 11 is 0. The van der Waals surface area contributed by atoms with Crippen LogP contribution in [0.15, 0.2) is 35.1 Å². The lowest BCUT2D eigenvalue weighted by Crippen LogP contribution is -2.28. The number of fused-ring (bicyclic) bond motifs is 1. The normalized spacial score (nSPS) is 14.0. The zero-order valence-electron chi connectivity index (χ0n) is 15.2. The lowest BCUT2D eigenvalue weighted by Gasteiger charge is -2.17. The minimum Gasteiger partial charge on any atom is -0.345 e. The van der Waals surface area contributed by atoms with Crippen LogP contribution in [0.1, 0.15) is 46.5 Å². The molecule has 0 aliphatic heterocycles. The highest BCUT2D eigenvalue weighted by atomic mass is 16.2. The van der Waals surface area contributed by atoms with Crippen LogP contribution in [0.2, 0.25) is 0 Å². The van der Waals surface area contributed by atoms with Gasteiger partial charge in [-0.05, 0) is 44.9 Å². The number of benzene rings is 1. The van der Waals surface area contributed by atoms with Crippen molar-refractivity contribution in [1.82, 2.24) is 19.4 Å². The van der Waals surface area contributed by atoms with Crippen molar-refractivity contribution in [2.24, 2.45) is 0 Å². The summed E-state index contributed by atoms with van der Waals surface area (Å²) in [6.45, 7) is 4.30. The molecule has 0 atom stereocenters. The van der Waals surface area contributed by atoms with Crippen LogP contribution in [-0.2, 0) is 6.54 Å². The van der Waals surface area contributed by atoms with Crippen molar-refractivity contribution in [2.75, 3.05) is 7.05 Å². The van der Waals surface area contributed by atoms with E-state index in [0.717, 1.165) is 17.0 Å². The van der Waals surface area contributed by atoms with Crippen molar-refractivity contribution in [3.63, 3.8) is 0 Å². The molecule has 134 valence electrons. The molecule has 1 fully saturated rings. The maximum absolute atomic E-state index is 12.9. The standard InChI is InChI=1S/C20H22N4O2/c1-12-10-16(13(2)24(12)14-8-9-14)20(26)23(3)11-18-21-17-7-5-4-6-15(17)19(25)22-18/h4-7,10,14H,8-9,11H2,1-3H3,(H,21,22,25). The van der Waals surface area contributed by atoms with Gasteiger partial charge in [-0.1, -0.05) is 12.1 Å². The largest absolute Gasteiger partial charge is 0.345 e. The van der Waals surface area contributed by atoms with E-state index in [1.807, 2.05) is 32.0 Å². The van der Waals surface area contributed by atoms with Crippen LogP contribution in [0.5, 0.6) is 0 Å². The summed E-state index contributed by atoms with van der Waals surface area (Å²) in [5.41, 5.74) is 3.32. The Balaban J connectivity index is 1.60. The smallest absolute Gasteiger partial charge is 0.258 e. The Morgan fingerprint density at radius 2 is 2.04 bits per heavy atom. The molecular weight excluding hydrogens is 328 g/mol. The van der Waals surface area contributed by atoms with Gasteiger partial charge >= 0.3 is 0 Å². The summed E-state index contributed by atoms with van der Waals surface area (Å²) in [7, 11) is 1.74. The Hall–Kier alpha value is -2.89. The molecule has 3 aromatic rings. The fourth-order valence-electron chi connectivity index (χ4n) is 3.60. The van der Waals surface area contributed by atoms with E-state index in [9.17, 15) is 9.59 Å². The van der Waals surface area contributed by atoms with E-state index in [4.69, 9.17) is 0 Å². The van der Waals surface area contributed by atoms with Gasteiger partial charge in [0, 0.05) is 24.5 Å². The van der Waals surface area contributed by atoms with Gasteiger partial charge in [0.15, 0.2) is 0 Å². The molecule has 6 nitrogen and oxygen atoms in total. The van der Waals surface area contributed by atoms with Crippen LogP contribution in [-0.4, -0.2) is 32.4 Å². The van der Waals surface area contributed by atoms with Gasteiger partial charge in [0.05, 0.1) is 23.0 Å². The third kappa shape index (κ3) is 2.81. The van der Waals surface area contributed by atoms with Gasteiger partial charge in [0.25, 0.3) is 11.5 Å². The quantitative estimate of drug-likeness (QED) is 0.786. The van der Waals surface area contributed by atoms with Crippen molar-refractivity contribution < 1.29 is 4.79 Å². The van der Waals surface area contributed by atoms with Gasteiger partial charge in [-0.3, -0.25) is 9.59 Å². The third-order valence-electron chi connectivity index (χ3n) is 5.02. The molecule has 1 aliphatic carbocycles. The highest BCUT2D eigenvalue weighted by molar-refractivity contribution is 5.95. The van der Waals surface area contributed by atoms with Gasteiger partial charge < -0.3 is 14.5 Å². The Morgan fingerprint density at radius 3 is 2.77 bits per heavy atom. The number of amides is 1. The summed E-state index contributed by atoms with van der Waals surface area (Å²) in [6, 6.07) is 9.71. The summed E-state index contributed by atoms with van der Waals surface area (Å²) < 4.78 is 2.26. The van der Waals surface area contributed by atoms with E-state index < -0.39 is 0 Å². The fraction of sp³-hybridized carbons (Fsp3) is 0.350. The zero-order chi connectivity index (χ0) is 18.4. The van der Waals surface area contributed by atoms with Crippen LogP contribution < -0.4 is 5.56 Å². The molecule has 26 heavy (non-hydrogen) atoms. The Kier molecular flexibility index (Phi) is 3.90. The molecule has 2 heterocycles. The van der Waals surface area contributed by atoms with Crippen molar-refractivity contribution in [3.05, 3.63) is 63.5 Å². The van der Waals surface area contributed by atoms with E-state index in [-0.39, 0.29) is 18.0 Å². The summed E-state index contributed by atoms with van der Waals surface area (Å²) in [5, 5.41) is 0.554. The number of carbonyl (C=O) groups is 1. The van der Waals surface area contributed by atoms with Crippen LogP contribution in [0.3, 0.4) is 0 Å². The maximum atomic E-state index is 12.9. The number of H-pyrrole nitrogens is 1. The predicted octanol–water partition coefficient (Wildman–Crippen LogP) is 2.95. The number of rotatable bonds is 4. The number of carbonyl (C=O) groups excluding carboxylic acids is 1. The molecule has 2 aromatic heterocycles. The number of nitrogens with one attached hydrogen (secondary N) is 1. The van der Waals surface area contributed by atoms with Crippen molar-refractivity contribution in [1.29, 1.82) is 0 Å². The molecule has 1 N–H and O–H groups in total. The average molecular weight is 350 g/mol. The van der Waals surface area contributed by atoms with Gasteiger partial charge in [0.2, 0.25) is 0 Å². The molecule has 0 radical (unpaired) electrons. The molecule has 0 bridgehead atoms. The van der Waals surface area contributed by atoms with Crippen LogP contribution in [0.4, 0.5) is 0 Å². The number of aromatic nitrogens is 3. The number of hydrogen-bond acceptors (Lipinski definition) is 3. The summed E-state index contributed by atoms with van der Waals surface area (Å²) in [5.74, 6) is 0.432. The molecule has 1 aromatic carbocycles. The monoisotopic (exact) mass is 350 g/mol. The summed E-state index contributed by atoms with van der Waals surface area (Å²) in [4.78, 5) is 34.0. The van der Waals surface area contributed by atoms with E-state index in [1.165, 1.54) is 12.8 Å². The van der Waals surface area contributed by atoms with E-state index >= 15 is 0 Å². The van der Waals surface area contributed by atoms with Gasteiger partial charge in [-0.25, -0.2) is 4.98 Å². The first-order valence-corrected chi connectivity index (χ1v) is 8.87. The van der Waals surface area contributed by atoms with Crippen molar-refractivity contribution in [3.8, 4) is 0 Å². The van der Waals surface area contributed by atoms with Crippen molar-refractivity contribution >= 4 is 16.8 Å². The number of nitrogens with zero attached hydrogens (tertiary/aromatic N) is 3. The molecule has 1 saturated carbocycles. The van der Waals surface area contributed by atoms with E-state index in [0.29, 0.717) is 22.8 Å². The first-order chi connectivity index (χ1) is 12.5. The number of para-hydroxylation sites is 1. The molecule has 1 amide bonds. The van der Waals surface area contributed by atoms with Crippen LogP contribution in [0, 0.1) is 13.8 Å². The first kappa shape index (κ1) is 16.6. The highest BCUT2D eigenvalue weighted by Gasteiger charge is 2.29. The topological polar surface area (TPSA) is 71.0 Å². The van der Waals surface area contributed by atoms with E-state index in [1.54, 1.807) is 24.1 Å². The molecule has 1 aliphatic rings. The second kappa shape index (κ2) is 6.12. The van der Waals surface area contributed by atoms with E-state index in [2.05, 4.69) is 14.5 Å². The SMILES string of the molecule is Cc1cc(C(=O)N(C)Cc2nc3ccccc3c(=O)[nH]2)c(C)n1C1CC1. The van der Waals surface area contributed by atoms with Crippen LogP contribution in [0.25, 0.3) is 10.9 Å². The average Bonchev–Trinajstić information content (AvgIpc) is 3.39. The molecule has 6 heteroatoms. The molecule has 0 saturated heterocycles. The third-order valence-corrected chi connectivity index (χ3v) is 5.02. The summed E-state index contributed by atoms with van der Waals surface area (Å²) in [6.07, 6.45) is 2.37. The van der Waals surface area contributed by atoms with Crippen molar-refractivity contribution in [2.45, 2.75) is 39.3 Å². The predicted molar refractivity (Wildman–Crippen MR) is 100 cm³/mol. The number of aryl methyl sites for hydroxylation is 1. The second-order valence-electron chi connectivity index (χ2n) is 7.08. The zero-order valence-corrected chi connectivity index (χ0v) is 15.2. The molecule has 0 unspecified atom stereocenters. The number of hydrogen-bond donors (Lipinski definition) is 1. The van der Waals surface area contributed by atoms with Gasteiger partial charge in [0.1, 0.15) is 5.82 Å². The minimum absolute atomic E-state index is 0.0548. The second-order valence-corrected chi connectivity index (χ2v) is 7.08. The molecule has 4 rings (SSSR count). The fourth-order valence-corrected chi connectivity index (χ4v) is 3.60. The Bertz CT molecular complexity index is 1060. The number of aromatic amines is 1. The lowest BCUT2D eigenvalue weighted by molar-refractivity contribution is 0.0780. The Labute approximate surface area is 151 Å². The van der Waals surface area contributed by atoms with Gasteiger partial charge in [-0.15, -0.1) is 0 Å². The van der Waals surface area contributed by atoms with Crippen LogP contribution >= 0.6 is 0 Å². The van der Waals surface area contributed by atoms with Gasteiger partial charge in [-0.2, -0.15) is 0 Å². The minimum atomic E-state index is -0.182. The Morgan fingerprint density at radius 1 is 1.31 bits per heavy atom. The molecular formula is C20H22N4O2.